The molecule has 0 radical (unpaired) electrons. The zero-order valence-corrected chi connectivity index (χ0v) is 18.0. The molecule has 2 aromatic heterocycles. The van der Waals surface area contributed by atoms with Crippen LogP contribution in [-0.4, -0.2) is 27.0 Å². The molecule has 0 spiro atoms. The van der Waals surface area contributed by atoms with E-state index in [1.165, 1.54) is 4.57 Å². The van der Waals surface area contributed by atoms with Crippen molar-refractivity contribution in [1.29, 1.82) is 0 Å². The Balaban J connectivity index is 2.65. The fourth-order valence-corrected chi connectivity index (χ4v) is 3.35. The number of unbranched alkanes of at least 4 members (excludes halogenated alkanes) is 1. The Morgan fingerprint density at radius 2 is 1.79 bits per heavy atom. The van der Waals surface area contributed by atoms with Crippen LogP contribution in [0.4, 0.5) is 11.5 Å². The Kier molecular flexibility index (Phi) is 7.39. The average molecular weight is 469 g/mol. The molecule has 12 heteroatoms. The van der Waals surface area contributed by atoms with Gasteiger partial charge in [0.2, 0.25) is 0 Å². The van der Waals surface area contributed by atoms with E-state index in [9.17, 15) is 14.4 Å². The number of aromatic nitrogens is 3. The van der Waals surface area contributed by atoms with Crippen LogP contribution in [0, 0.1) is 0 Å². The number of nitrogens with zero attached hydrogens (tertiary/aromatic N) is 3. The second-order valence-corrected chi connectivity index (χ2v) is 7.23. The molecule has 2 aromatic rings. The highest BCUT2D eigenvalue weighted by Gasteiger charge is 2.28. The normalized spacial score (nSPS) is 10.9. The van der Waals surface area contributed by atoms with Crippen LogP contribution in [-0.2, 0) is 6.54 Å². The summed E-state index contributed by atoms with van der Waals surface area (Å²) in [5.74, 6) is -0.912. The summed E-state index contributed by atoms with van der Waals surface area (Å²) in [7, 11) is 0. The third kappa shape index (κ3) is 4.15. The largest absolute Gasteiger partial charge is 0.383 e. The van der Waals surface area contributed by atoms with E-state index in [0.29, 0.717) is 6.42 Å². The summed E-state index contributed by atoms with van der Waals surface area (Å²) in [6, 6.07) is 0. The summed E-state index contributed by atoms with van der Waals surface area (Å²) in [6.07, 6.45) is 1.46. The maximum Gasteiger partial charge on any atom is 0.330 e. The molecule has 0 saturated heterocycles. The van der Waals surface area contributed by atoms with Gasteiger partial charge in [-0.05, 0) is 13.3 Å². The maximum atomic E-state index is 13.1. The highest BCUT2D eigenvalue weighted by molar-refractivity contribution is 6.52. The Morgan fingerprint density at radius 1 is 1.14 bits per heavy atom. The summed E-state index contributed by atoms with van der Waals surface area (Å²) in [5.41, 5.74) is 4.11. The summed E-state index contributed by atoms with van der Waals surface area (Å²) < 4.78 is 1.20. The molecule has 28 heavy (non-hydrogen) atoms. The van der Waals surface area contributed by atoms with E-state index in [0.717, 1.165) is 11.3 Å². The molecule has 0 aliphatic carbocycles. The number of anilines is 2. The molecule has 0 saturated carbocycles. The van der Waals surface area contributed by atoms with Crippen LogP contribution in [0.15, 0.2) is 9.59 Å². The van der Waals surface area contributed by atoms with Crippen LogP contribution >= 0.6 is 46.4 Å². The molecular weight excluding hydrogens is 452 g/mol. The molecule has 0 aromatic carbocycles. The van der Waals surface area contributed by atoms with Gasteiger partial charge in [-0.2, -0.15) is 0 Å². The first-order valence-electron chi connectivity index (χ1n) is 8.30. The minimum atomic E-state index is -0.812. The molecule has 2 heterocycles. The summed E-state index contributed by atoms with van der Waals surface area (Å²) in [6.45, 7) is 3.88. The second kappa shape index (κ2) is 9.17. The third-order valence-electron chi connectivity index (χ3n) is 3.97. The van der Waals surface area contributed by atoms with Crippen LogP contribution in [0.1, 0.15) is 37.2 Å². The van der Waals surface area contributed by atoms with Gasteiger partial charge in [-0.1, -0.05) is 59.7 Å². The second-order valence-electron chi connectivity index (χ2n) is 5.74. The fraction of sp³-hybridized carbons (Fsp3) is 0.375. The number of hydrogen-bond acceptors (Lipinski definition) is 5. The maximum absolute atomic E-state index is 13.1. The van der Waals surface area contributed by atoms with Gasteiger partial charge in [-0.15, -0.1) is 0 Å². The van der Waals surface area contributed by atoms with Crippen molar-refractivity contribution in [2.24, 2.45) is 0 Å². The number of hydrogen-bond donors (Lipinski definition) is 2. The monoisotopic (exact) mass is 467 g/mol. The number of H-pyrrole nitrogens is 1. The first kappa shape index (κ1) is 22.5. The Hall–Kier alpha value is -1.74. The van der Waals surface area contributed by atoms with Crippen LogP contribution in [0.2, 0.25) is 20.2 Å². The predicted octanol–water partition coefficient (Wildman–Crippen LogP) is 3.59. The van der Waals surface area contributed by atoms with E-state index in [1.54, 1.807) is 6.92 Å². The number of rotatable bonds is 6. The van der Waals surface area contributed by atoms with Gasteiger partial charge in [-0.25, -0.2) is 9.78 Å². The molecule has 0 fully saturated rings. The van der Waals surface area contributed by atoms with Crippen LogP contribution in [0.3, 0.4) is 0 Å². The first-order valence-corrected chi connectivity index (χ1v) is 9.81. The number of carbonyl (C=O) groups excluding carboxylic acids is 1. The average Bonchev–Trinajstić information content (AvgIpc) is 2.65. The zero-order valence-electron chi connectivity index (χ0n) is 15.0. The third-order valence-corrected chi connectivity index (χ3v) is 5.65. The van der Waals surface area contributed by atoms with Gasteiger partial charge in [-0.3, -0.25) is 24.0 Å². The van der Waals surface area contributed by atoms with E-state index < -0.39 is 17.2 Å². The Bertz CT molecular complexity index is 1030. The lowest BCUT2D eigenvalue weighted by Crippen LogP contribution is -2.41. The zero-order chi connectivity index (χ0) is 21.2. The molecule has 0 bridgehead atoms. The topological polar surface area (TPSA) is 114 Å². The van der Waals surface area contributed by atoms with E-state index in [2.05, 4.69) is 9.97 Å². The summed E-state index contributed by atoms with van der Waals surface area (Å²) in [5, 5.41) is -0.671. The Morgan fingerprint density at radius 3 is 2.36 bits per heavy atom. The van der Waals surface area contributed by atoms with E-state index in [-0.39, 0.29) is 50.5 Å². The first-order chi connectivity index (χ1) is 13.1. The lowest BCUT2D eigenvalue weighted by Gasteiger charge is -2.23. The summed E-state index contributed by atoms with van der Waals surface area (Å²) >= 11 is 23.9. The van der Waals surface area contributed by atoms with E-state index in [4.69, 9.17) is 52.1 Å². The fourth-order valence-electron chi connectivity index (χ4n) is 2.54. The summed E-state index contributed by atoms with van der Waals surface area (Å²) in [4.78, 5) is 44.7. The molecule has 3 N–H and O–H groups in total. The van der Waals surface area contributed by atoms with Crippen LogP contribution < -0.4 is 21.9 Å². The number of nitrogens with one attached hydrogen (secondary N) is 1. The molecule has 152 valence electrons. The quantitative estimate of drug-likeness (QED) is 0.628. The number of nitrogen functional groups attached to an aromatic ring is 1. The van der Waals surface area contributed by atoms with Gasteiger partial charge in [0.1, 0.15) is 11.0 Å². The van der Waals surface area contributed by atoms with Crippen molar-refractivity contribution >= 4 is 63.8 Å². The molecule has 2 rings (SSSR count). The van der Waals surface area contributed by atoms with Crippen molar-refractivity contribution in [3.05, 3.63) is 46.8 Å². The van der Waals surface area contributed by atoms with Crippen molar-refractivity contribution in [3.8, 4) is 0 Å². The Labute approximate surface area is 180 Å². The van der Waals surface area contributed by atoms with Crippen LogP contribution in [0.5, 0.6) is 0 Å². The van der Waals surface area contributed by atoms with Gasteiger partial charge in [0, 0.05) is 13.1 Å². The van der Waals surface area contributed by atoms with Gasteiger partial charge >= 0.3 is 5.69 Å². The van der Waals surface area contributed by atoms with Crippen molar-refractivity contribution in [1.82, 2.24) is 14.5 Å². The van der Waals surface area contributed by atoms with Crippen LogP contribution in [0.25, 0.3) is 0 Å². The smallest absolute Gasteiger partial charge is 0.330 e. The van der Waals surface area contributed by atoms with Gasteiger partial charge in [0.25, 0.3) is 11.5 Å². The molecule has 8 nitrogen and oxygen atoms in total. The van der Waals surface area contributed by atoms with Gasteiger partial charge in [0.15, 0.2) is 11.4 Å². The molecule has 0 atom stereocenters. The van der Waals surface area contributed by atoms with Gasteiger partial charge < -0.3 is 5.73 Å². The van der Waals surface area contributed by atoms with E-state index in [1.807, 2.05) is 6.92 Å². The standard InChI is InChI=1S/C16H17Cl4N5O3/c1-3-5-6-25-13(21)11(14(26)23-16(25)28)24(4-2)15(27)10-8(18)7(17)9(19)12(20)22-10/h3-6,21H2,1-2H3,(H,23,26,28). The lowest BCUT2D eigenvalue weighted by atomic mass is 10.2. The number of nitrogens with two attached hydrogens (primary N) is 1. The highest BCUT2D eigenvalue weighted by Crippen LogP contribution is 2.37. The number of pyridine rings is 1. The highest BCUT2D eigenvalue weighted by atomic mass is 35.5. The molecule has 0 aliphatic rings. The molecule has 0 aliphatic heterocycles. The number of halogens is 4. The predicted molar refractivity (Wildman–Crippen MR) is 112 cm³/mol. The molecular formula is C16H17Cl4N5O3. The van der Waals surface area contributed by atoms with E-state index >= 15 is 0 Å². The minimum absolute atomic E-state index is 0.0357. The minimum Gasteiger partial charge on any atom is -0.383 e. The SMILES string of the molecule is CCCCn1c(N)c(N(CC)C(=O)c2nc(Cl)c(Cl)c(Cl)c2Cl)c(=O)[nH]c1=O. The molecule has 0 unspecified atom stereocenters. The number of carbonyl (C=O) groups is 1. The van der Waals surface area contributed by atoms with Crippen molar-refractivity contribution in [2.75, 3.05) is 17.2 Å². The van der Waals surface area contributed by atoms with Crippen molar-refractivity contribution in [3.63, 3.8) is 0 Å². The molecule has 1 amide bonds. The van der Waals surface area contributed by atoms with Crippen molar-refractivity contribution in [2.45, 2.75) is 33.2 Å². The number of amides is 1. The van der Waals surface area contributed by atoms with Crippen molar-refractivity contribution < 1.29 is 4.79 Å². The number of aromatic amines is 1. The lowest BCUT2D eigenvalue weighted by molar-refractivity contribution is 0.0983. The van der Waals surface area contributed by atoms with Gasteiger partial charge in [0.05, 0.1) is 15.1 Å².